The van der Waals surface area contributed by atoms with Crippen molar-refractivity contribution < 1.29 is 9.59 Å². The van der Waals surface area contributed by atoms with Gasteiger partial charge in [-0.05, 0) is 56.8 Å². The van der Waals surface area contributed by atoms with Gasteiger partial charge in [-0.15, -0.1) is 12.4 Å². The first kappa shape index (κ1) is 20.5. The number of carbonyl (C=O) groups is 2. The van der Waals surface area contributed by atoms with Gasteiger partial charge in [0.1, 0.15) is 0 Å². The third-order valence-corrected chi connectivity index (χ3v) is 4.09. The van der Waals surface area contributed by atoms with Crippen LogP contribution in [0.3, 0.4) is 0 Å². The first-order chi connectivity index (χ1) is 11.1. The molecule has 1 fully saturated rings. The van der Waals surface area contributed by atoms with Crippen LogP contribution in [-0.2, 0) is 9.59 Å². The lowest BCUT2D eigenvalue weighted by atomic mass is 10.1. The summed E-state index contributed by atoms with van der Waals surface area (Å²) in [6.45, 7) is 2.66. The Hall–Kier alpha value is -1.59. The van der Waals surface area contributed by atoms with E-state index in [1.807, 2.05) is 25.1 Å². The maximum Gasteiger partial charge on any atom is 0.227 e. The summed E-state index contributed by atoms with van der Waals surface area (Å²) in [6.07, 6.45) is 6.47. The zero-order valence-electron chi connectivity index (χ0n) is 14.3. The highest BCUT2D eigenvalue weighted by Crippen LogP contribution is 2.30. The van der Waals surface area contributed by atoms with E-state index >= 15 is 0 Å². The minimum atomic E-state index is 0. The molecule has 0 bridgehead atoms. The van der Waals surface area contributed by atoms with Gasteiger partial charge in [-0.1, -0.05) is 18.9 Å². The van der Waals surface area contributed by atoms with Gasteiger partial charge < -0.3 is 16.4 Å². The number of anilines is 2. The van der Waals surface area contributed by atoms with E-state index in [0.717, 1.165) is 55.5 Å². The van der Waals surface area contributed by atoms with Crippen LogP contribution in [0, 0.1) is 12.8 Å². The summed E-state index contributed by atoms with van der Waals surface area (Å²) in [4.78, 5) is 23.8. The number of hydrogen-bond donors (Lipinski definition) is 3. The molecular weight excluding hydrogens is 326 g/mol. The molecule has 1 saturated carbocycles. The Morgan fingerprint density at radius 1 is 1.12 bits per heavy atom. The number of rotatable bonds is 9. The van der Waals surface area contributed by atoms with Crippen LogP contribution in [0.1, 0.15) is 50.5 Å². The summed E-state index contributed by atoms with van der Waals surface area (Å²) in [5.41, 5.74) is 7.95. The number of aryl methyl sites for hydroxylation is 1. The Morgan fingerprint density at radius 2 is 1.83 bits per heavy atom. The van der Waals surface area contributed by atoms with Crippen molar-refractivity contribution in [2.75, 3.05) is 17.2 Å². The van der Waals surface area contributed by atoms with E-state index < -0.39 is 0 Å². The Bertz CT molecular complexity index is 559. The van der Waals surface area contributed by atoms with Crippen LogP contribution >= 0.6 is 12.4 Å². The van der Waals surface area contributed by atoms with Crippen LogP contribution in [0.15, 0.2) is 18.2 Å². The molecule has 0 radical (unpaired) electrons. The summed E-state index contributed by atoms with van der Waals surface area (Å²) >= 11 is 0. The molecule has 1 aliphatic rings. The standard InChI is InChI=1S/C18H27N3O2.ClH/c1-13-7-10-15(20-18(23)14-8-9-14)12-16(13)21-17(22)6-4-2-3-5-11-19;/h7,10,12,14H,2-6,8-9,11,19H2,1H3,(H,20,23)(H,21,22);1H. The van der Waals surface area contributed by atoms with Crippen molar-refractivity contribution in [3.8, 4) is 0 Å². The lowest BCUT2D eigenvalue weighted by Gasteiger charge is -2.11. The van der Waals surface area contributed by atoms with Crippen molar-refractivity contribution in [2.24, 2.45) is 11.7 Å². The molecule has 2 amide bonds. The molecule has 5 nitrogen and oxygen atoms in total. The van der Waals surface area contributed by atoms with E-state index in [9.17, 15) is 9.59 Å². The van der Waals surface area contributed by atoms with Crippen molar-refractivity contribution in [1.82, 2.24) is 0 Å². The van der Waals surface area contributed by atoms with Crippen LogP contribution in [-0.4, -0.2) is 18.4 Å². The Morgan fingerprint density at radius 3 is 2.50 bits per heavy atom. The maximum absolute atomic E-state index is 12.0. The zero-order chi connectivity index (χ0) is 16.7. The topological polar surface area (TPSA) is 84.2 Å². The van der Waals surface area contributed by atoms with Crippen LogP contribution in [0.25, 0.3) is 0 Å². The van der Waals surface area contributed by atoms with Crippen LogP contribution < -0.4 is 16.4 Å². The summed E-state index contributed by atoms with van der Waals surface area (Å²) in [5, 5.41) is 5.85. The molecule has 0 heterocycles. The molecule has 0 atom stereocenters. The third-order valence-electron chi connectivity index (χ3n) is 4.09. The van der Waals surface area contributed by atoms with Gasteiger partial charge in [0.15, 0.2) is 0 Å². The van der Waals surface area contributed by atoms with E-state index in [4.69, 9.17) is 5.73 Å². The number of nitrogens with one attached hydrogen (secondary N) is 2. The van der Waals surface area contributed by atoms with Gasteiger partial charge >= 0.3 is 0 Å². The molecule has 24 heavy (non-hydrogen) atoms. The number of hydrogen-bond acceptors (Lipinski definition) is 3. The molecule has 6 heteroatoms. The normalized spacial score (nSPS) is 13.1. The largest absolute Gasteiger partial charge is 0.330 e. The monoisotopic (exact) mass is 353 g/mol. The predicted molar refractivity (Wildman–Crippen MR) is 101 cm³/mol. The lowest BCUT2D eigenvalue weighted by molar-refractivity contribution is -0.117. The van der Waals surface area contributed by atoms with Gasteiger partial charge in [0.05, 0.1) is 0 Å². The molecular formula is C18H28ClN3O2. The molecule has 1 aromatic rings. The molecule has 1 aromatic carbocycles. The number of nitrogens with two attached hydrogens (primary N) is 1. The summed E-state index contributed by atoms with van der Waals surface area (Å²) in [5.74, 6) is 0.264. The van der Waals surface area contributed by atoms with Crippen LogP contribution in [0.5, 0.6) is 0 Å². The highest BCUT2D eigenvalue weighted by Gasteiger charge is 2.29. The predicted octanol–water partition coefficient (Wildman–Crippen LogP) is 3.61. The SMILES string of the molecule is Cc1ccc(NC(=O)C2CC2)cc1NC(=O)CCCCCCN.Cl. The van der Waals surface area contributed by atoms with E-state index in [0.29, 0.717) is 13.0 Å². The average molecular weight is 354 g/mol. The van der Waals surface area contributed by atoms with Gasteiger partial charge in [0, 0.05) is 23.7 Å². The maximum atomic E-state index is 12.0. The second kappa shape index (κ2) is 10.3. The summed E-state index contributed by atoms with van der Waals surface area (Å²) in [6, 6.07) is 5.62. The highest BCUT2D eigenvalue weighted by atomic mass is 35.5. The minimum absolute atomic E-state index is 0. The van der Waals surface area contributed by atoms with Gasteiger partial charge in [-0.2, -0.15) is 0 Å². The molecule has 2 rings (SSSR count). The molecule has 1 aliphatic carbocycles. The third kappa shape index (κ3) is 6.89. The molecule has 134 valence electrons. The molecule has 0 unspecified atom stereocenters. The van der Waals surface area contributed by atoms with E-state index in [1.54, 1.807) is 0 Å². The Balaban J connectivity index is 0.00000288. The van der Waals surface area contributed by atoms with Crippen molar-refractivity contribution >= 4 is 35.6 Å². The number of benzene rings is 1. The summed E-state index contributed by atoms with van der Waals surface area (Å²) < 4.78 is 0. The Kier molecular flexibility index (Phi) is 8.79. The van der Waals surface area contributed by atoms with Gasteiger partial charge in [-0.3, -0.25) is 9.59 Å². The van der Waals surface area contributed by atoms with Gasteiger partial charge in [-0.25, -0.2) is 0 Å². The van der Waals surface area contributed by atoms with Crippen molar-refractivity contribution in [3.63, 3.8) is 0 Å². The first-order valence-electron chi connectivity index (χ1n) is 8.51. The zero-order valence-corrected chi connectivity index (χ0v) is 15.1. The smallest absolute Gasteiger partial charge is 0.227 e. The van der Waals surface area contributed by atoms with Crippen molar-refractivity contribution in [1.29, 1.82) is 0 Å². The quantitative estimate of drug-likeness (QED) is 0.593. The second-order valence-electron chi connectivity index (χ2n) is 6.29. The van der Waals surface area contributed by atoms with E-state index in [2.05, 4.69) is 10.6 Å². The van der Waals surface area contributed by atoms with Crippen LogP contribution in [0.2, 0.25) is 0 Å². The van der Waals surface area contributed by atoms with Gasteiger partial charge in [0.25, 0.3) is 0 Å². The number of amides is 2. The fourth-order valence-electron chi connectivity index (χ4n) is 2.42. The highest BCUT2D eigenvalue weighted by molar-refractivity contribution is 5.96. The molecule has 0 aliphatic heterocycles. The van der Waals surface area contributed by atoms with Crippen molar-refractivity contribution in [3.05, 3.63) is 23.8 Å². The molecule has 0 saturated heterocycles. The lowest BCUT2D eigenvalue weighted by Crippen LogP contribution is -2.15. The second-order valence-corrected chi connectivity index (χ2v) is 6.29. The van der Waals surface area contributed by atoms with Gasteiger partial charge in [0.2, 0.25) is 11.8 Å². The fourth-order valence-corrected chi connectivity index (χ4v) is 2.42. The van der Waals surface area contributed by atoms with Crippen molar-refractivity contribution in [2.45, 2.75) is 51.9 Å². The van der Waals surface area contributed by atoms with E-state index in [1.165, 1.54) is 0 Å². The molecule has 0 aromatic heterocycles. The van der Waals surface area contributed by atoms with Crippen LogP contribution in [0.4, 0.5) is 11.4 Å². The fraction of sp³-hybridized carbons (Fsp3) is 0.556. The number of carbonyl (C=O) groups excluding carboxylic acids is 2. The number of unbranched alkanes of at least 4 members (excludes halogenated alkanes) is 3. The number of halogens is 1. The molecule has 0 spiro atoms. The van der Waals surface area contributed by atoms with E-state index in [-0.39, 0.29) is 30.1 Å². The first-order valence-corrected chi connectivity index (χ1v) is 8.51. The molecule has 4 N–H and O–H groups in total. The Labute approximate surface area is 150 Å². The minimum Gasteiger partial charge on any atom is -0.330 e. The summed E-state index contributed by atoms with van der Waals surface area (Å²) in [7, 11) is 0. The average Bonchev–Trinajstić information content (AvgIpc) is 3.35.